The molecule has 1 aliphatic heterocycles. The molecular formula is C19H35NO5. The number of carboxylic acids is 1. The minimum atomic E-state index is -1.04. The van der Waals surface area contributed by atoms with Crippen molar-refractivity contribution >= 4 is 5.97 Å². The van der Waals surface area contributed by atoms with Crippen molar-refractivity contribution in [1.29, 1.82) is 0 Å². The fraction of sp³-hybridized carbons (Fsp3) is 0.842. The summed E-state index contributed by atoms with van der Waals surface area (Å²) < 4.78 is 6.11. The minimum Gasteiger partial charge on any atom is -0.478 e. The number of carboxylic acid groups (broad SMARTS) is 1. The number of piperidine rings is 1. The molecule has 2 atom stereocenters. The van der Waals surface area contributed by atoms with Crippen molar-refractivity contribution in [3.63, 3.8) is 0 Å². The Morgan fingerprint density at radius 3 is 2.32 bits per heavy atom. The highest BCUT2D eigenvalue weighted by atomic mass is 16.5. The third-order valence-corrected chi connectivity index (χ3v) is 4.88. The maximum Gasteiger partial charge on any atom is 0.328 e. The van der Waals surface area contributed by atoms with Gasteiger partial charge in [-0.1, -0.05) is 13.3 Å². The van der Waals surface area contributed by atoms with Crippen molar-refractivity contribution in [3.8, 4) is 0 Å². The molecule has 0 amide bonds. The van der Waals surface area contributed by atoms with Crippen LogP contribution in [0, 0.1) is 5.92 Å². The number of nitrogens with zero attached hydrogens (tertiary/aromatic N) is 1. The number of hydroxylamine groups is 2. The smallest absolute Gasteiger partial charge is 0.328 e. The summed E-state index contributed by atoms with van der Waals surface area (Å²) >= 11 is 0. The zero-order valence-electron chi connectivity index (χ0n) is 16.2. The highest BCUT2D eigenvalue weighted by Crippen LogP contribution is 2.38. The average molecular weight is 357 g/mol. The van der Waals surface area contributed by atoms with E-state index < -0.39 is 12.1 Å². The van der Waals surface area contributed by atoms with Gasteiger partial charge in [0, 0.05) is 23.8 Å². The van der Waals surface area contributed by atoms with Crippen molar-refractivity contribution in [3.05, 3.63) is 12.2 Å². The second kappa shape index (κ2) is 9.12. The summed E-state index contributed by atoms with van der Waals surface area (Å²) in [5.41, 5.74) is -0.619. The van der Waals surface area contributed by atoms with E-state index in [1.54, 1.807) is 0 Å². The van der Waals surface area contributed by atoms with E-state index in [-0.39, 0.29) is 17.2 Å². The Labute approximate surface area is 151 Å². The number of aliphatic hydroxyl groups is 1. The third-order valence-electron chi connectivity index (χ3n) is 4.88. The molecule has 0 bridgehead atoms. The van der Waals surface area contributed by atoms with Crippen LogP contribution in [0.25, 0.3) is 0 Å². The van der Waals surface area contributed by atoms with Crippen LogP contribution in [0.4, 0.5) is 0 Å². The van der Waals surface area contributed by atoms with Crippen LogP contribution in [0.5, 0.6) is 0 Å². The maximum absolute atomic E-state index is 10.4. The number of hydrogen-bond acceptors (Lipinski definition) is 5. The predicted molar refractivity (Wildman–Crippen MR) is 96.6 cm³/mol. The van der Waals surface area contributed by atoms with Crippen molar-refractivity contribution in [2.24, 2.45) is 5.92 Å². The lowest BCUT2D eigenvalue weighted by molar-refractivity contribution is -0.261. The summed E-state index contributed by atoms with van der Waals surface area (Å²) in [6.45, 7) is 10.9. The van der Waals surface area contributed by atoms with E-state index in [4.69, 9.17) is 9.84 Å². The molecule has 1 saturated heterocycles. The lowest BCUT2D eigenvalue weighted by atomic mass is 9.80. The Bertz CT molecular complexity index is 443. The first-order valence-electron chi connectivity index (χ1n) is 9.14. The number of carbonyl (C=O) groups is 1. The number of rotatable bonds is 9. The number of aliphatic carboxylic acids is 1. The lowest BCUT2D eigenvalue weighted by Gasteiger charge is -2.51. The minimum absolute atomic E-state index is 0.125. The molecule has 0 aromatic rings. The Hall–Kier alpha value is -0.950. The summed E-state index contributed by atoms with van der Waals surface area (Å²) in [5.74, 6) is -0.672. The third kappa shape index (κ3) is 7.44. The van der Waals surface area contributed by atoms with E-state index >= 15 is 0 Å². The molecule has 1 rings (SSSR count). The van der Waals surface area contributed by atoms with Crippen molar-refractivity contribution in [2.45, 2.75) is 90.0 Å². The zero-order chi connectivity index (χ0) is 19.3. The van der Waals surface area contributed by atoms with Crippen LogP contribution in [-0.4, -0.2) is 56.3 Å². The molecule has 1 aliphatic rings. The average Bonchev–Trinajstić information content (AvgIpc) is 2.48. The second-order valence-corrected chi connectivity index (χ2v) is 8.60. The maximum atomic E-state index is 10.4. The van der Waals surface area contributed by atoms with E-state index in [0.29, 0.717) is 18.9 Å². The second-order valence-electron chi connectivity index (χ2n) is 8.60. The highest BCUT2D eigenvalue weighted by Gasteiger charge is 2.45. The lowest BCUT2D eigenvalue weighted by Crippen LogP contribution is -2.60. The predicted octanol–water partition coefficient (Wildman–Crippen LogP) is 3.22. The number of aliphatic hydroxyl groups excluding tert-OH is 1. The summed E-state index contributed by atoms with van der Waals surface area (Å²) in [5, 5.41) is 30.0. The Morgan fingerprint density at radius 1 is 1.24 bits per heavy atom. The largest absolute Gasteiger partial charge is 0.478 e. The van der Waals surface area contributed by atoms with Crippen LogP contribution < -0.4 is 0 Å². The molecule has 25 heavy (non-hydrogen) atoms. The summed E-state index contributed by atoms with van der Waals surface area (Å²) in [7, 11) is 0. The molecule has 6 nitrogen and oxygen atoms in total. The van der Waals surface area contributed by atoms with Gasteiger partial charge in [0.15, 0.2) is 0 Å². The number of ether oxygens (including phenoxy) is 1. The fourth-order valence-electron chi connectivity index (χ4n) is 3.65. The molecule has 3 N–H and O–H groups in total. The van der Waals surface area contributed by atoms with Gasteiger partial charge in [-0.25, -0.2) is 4.79 Å². The highest BCUT2D eigenvalue weighted by molar-refractivity contribution is 5.79. The molecule has 0 saturated carbocycles. The van der Waals surface area contributed by atoms with Crippen molar-refractivity contribution in [1.82, 2.24) is 5.06 Å². The van der Waals surface area contributed by atoms with E-state index in [9.17, 15) is 15.1 Å². The summed E-state index contributed by atoms with van der Waals surface area (Å²) in [4.78, 5) is 10.4. The monoisotopic (exact) mass is 357 g/mol. The molecule has 2 unspecified atom stereocenters. The normalized spacial score (nSPS) is 23.6. The van der Waals surface area contributed by atoms with Gasteiger partial charge in [0.25, 0.3) is 0 Å². The van der Waals surface area contributed by atoms with Crippen LogP contribution in [0.15, 0.2) is 12.2 Å². The fourth-order valence-corrected chi connectivity index (χ4v) is 3.65. The van der Waals surface area contributed by atoms with Crippen LogP contribution in [0.2, 0.25) is 0 Å². The van der Waals surface area contributed by atoms with Gasteiger partial charge >= 0.3 is 5.97 Å². The molecule has 1 fully saturated rings. The first kappa shape index (κ1) is 22.1. The molecule has 0 aliphatic carbocycles. The first-order chi connectivity index (χ1) is 11.4. The van der Waals surface area contributed by atoms with E-state index in [1.807, 2.05) is 27.7 Å². The van der Waals surface area contributed by atoms with Crippen LogP contribution in [0.3, 0.4) is 0 Å². The van der Waals surface area contributed by atoms with Gasteiger partial charge in [-0.3, -0.25) is 0 Å². The van der Waals surface area contributed by atoms with Gasteiger partial charge in [0.2, 0.25) is 0 Å². The van der Waals surface area contributed by atoms with Crippen LogP contribution in [-0.2, 0) is 9.53 Å². The van der Waals surface area contributed by atoms with Gasteiger partial charge in [0.05, 0.1) is 12.2 Å². The van der Waals surface area contributed by atoms with Crippen LogP contribution in [0.1, 0.15) is 66.7 Å². The molecule has 0 aromatic heterocycles. The molecule has 6 heteroatoms. The summed E-state index contributed by atoms with van der Waals surface area (Å²) in [6.07, 6.45) is 5.59. The van der Waals surface area contributed by atoms with E-state index in [2.05, 4.69) is 6.92 Å². The topological polar surface area (TPSA) is 90.2 Å². The quantitative estimate of drug-likeness (QED) is 0.549. The first-order valence-corrected chi connectivity index (χ1v) is 9.14. The number of hydrogen-bond donors (Lipinski definition) is 3. The van der Waals surface area contributed by atoms with Crippen LogP contribution >= 0.6 is 0 Å². The molecule has 0 radical (unpaired) electrons. The van der Waals surface area contributed by atoms with Gasteiger partial charge < -0.3 is 20.2 Å². The van der Waals surface area contributed by atoms with Gasteiger partial charge in [-0.05, 0) is 65.4 Å². The SMILES string of the molecule is CC(CCCC(O)/C=C/C(=O)O)COC1CC(C)(C)N(O)C(C)(C)C1. The molecular weight excluding hydrogens is 322 g/mol. The van der Waals surface area contributed by atoms with Crippen molar-refractivity contribution in [2.75, 3.05) is 6.61 Å². The van der Waals surface area contributed by atoms with Crippen molar-refractivity contribution < 1.29 is 25.0 Å². The zero-order valence-corrected chi connectivity index (χ0v) is 16.2. The Morgan fingerprint density at radius 2 is 1.80 bits per heavy atom. The standard InChI is InChI=1S/C19H35NO5/c1-14(7-6-8-15(21)9-10-17(22)23)13-25-16-11-18(2,3)20(24)19(4,5)12-16/h9-10,14-16,21,24H,6-8,11-13H2,1-5H3,(H,22,23)/b10-9+. The molecule has 0 aromatic carbocycles. The van der Waals surface area contributed by atoms with E-state index in [0.717, 1.165) is 31.8 Å². The van der Waals surface area contributed by atoms with Gasteiger partial charge in [-0.2, -0.15) is 5.06 Å². The Kier molecular flexibility index (Phi) is 8.06. The Balaban J connectivity index is 2.32. The molecule has 146 valence electrons. The van der Waals surface area contributed by atoms with Gasteiger partial charge in [-0.15, -0.1) is 0 Å². The van der Waals surface area contributed by atoms with Gasteiger partial charge in [0.1, 0.15) is 0 Å². The van der Waals surface area contributed by atoms with E-state index in [1.165, 1.54) is 11.1 Å². The summed E-state index contributed by atoms with van der Waals surface area (Å²) in [6, 6.07) is 0. The molecule has 0 spiro atoms. The molecule has 1 heterocycles.